The number of nitrogens with zero attached hydrogens (tertiary/aromatic N) is 5. The molecule has 4 aromatic rings. The van der Waals surface area contributed by atoms with Crippen LogP contribution >= 0.6 is 11.8 Å². The SMILES string of the molecule is Cn1ccc(N2CCCC(Sc3nnc(-c4cc5ccccc5o4)o3)C2=O)n1. The number of carbonyl (C=O) groups is 1. The number of hydrogen-bond acceptors (Lipinski definition) is 7. The highest BCUT2D eigenvalue weighted by atomic mass is 32.2. The van der Waals surface area contributed by atoms with Gasteiger partial charge in [-0.05, 0) is 25.0 Å². The summed E-state index contributed by atoms with van der Waals surface area (Å²) in [7, 11) is 1.84. The maximum absolute atomic E-state index is 12.9. The third-order valence-electron chi connectivity index (χ3n) is 4.65. The first-order valence-corrected chi connectivity index (χ1v) is 9.85. The fraction of sp³-hybridized carbons (Fsp3) is 0.263. The van der Waals surface area contributed by atoms with Crippen molar-refractivity contribution in [2.24, 2.45) is 7.05 Å². The van der Waals surface area contributed by atoms with Gasteiger partial charge in [0.2, 0.25) is 5.91 Å². The predicted octanol–water partition coefficient (Wildman–Crippen LogP) is 3.50. The highest BCUT2D eigenvalue weighted by molar-refractivity contribution is 8.00. The lowest BCUT2D eigenvalue weighted by molar-refractivity contribution is -0.119. The summed E-state index contributed by atoms with van der Waals surface area (Å²) in [5, 5.41) is 13.6. The van der Waals surface area contributed by atoms with Gasteiger partial charge in [-0.25, -0.2) is 0 Å². The summed E-state index contributed by atoms with van der Waals surface area (Å²) in [6.45, 7) is 0.668. The summed E-state index contributed by atoms with van der Waals surface area (Å²) in [5.74, 6) is 1.51. The topological polar surface area (TPSA) is 90.2 Å². The molecule has 0 aliphatic carbocycles. The number of carbonyl (C=O) groups excluding carboxylic acids is 1. The van der Waals surface area contributed by atoms with E-state index in [1.165, 1.54) is 11.8 Å². The van der Waals surface area contributed by atoms with Gasteiger partial charge in [0.25, 0.3) is 11.1 Å². The Morgan fingerprint density at radius 1 is 1.18 bits per heavy atom. The van der Waals surface area contributed by atoms with Crippen molar-refractivity contribution in [1.82, 2.24) is 20.0 Å². The Labute approximate surface area is 164 Å². The van der Waals surface area contributed by atoms with Crippen LogP contribution in [-0.4, -0.2) is 37.7 Å². The zero-order chi connectivity index (χ0) is 19.1. The van der Waals surface area contributed by atoms with E-state index in [0.29, 0.717) is 29.2 Å². The summed E-state index contributed by atoms with van der Waals surface area (Å²) in [6.07, 6.45) is 3.48. The predicted molar refractivity (Wildman–Crippen MR) is 104 cm³/mol. The quantitative estimate of drug-likeness (QED) is 0.522. The number of piperidine rings is 1. The van der Waals surface area contributed by atoms with Crippen molar-refractivity contribution in [3.8, 4) is 11.7 Å². The molecule has 0 N–H and O–H groups in total. The van der Waals surface area contributed by atoms with Crippen LogP contribution in [0.3, 0.4) is 0 Å². The molecule has 1 unspecified atom stereocenters. The van der Waals surface area contributed by atoms with Crippen molar-refractivity contribution in [3.63, 3.8) is 0 Å². The van der Waals surface area contributed by atoms with Gasteiger partial charge in [-0.1, -0.05) is 30.0 Å². The van der Waals surface area contributed by atoms with Crippen LogP contribution in [0.15, 0.2) is 56.7 Å². The Bertz CT molecular complexity index is 1110. The molecule has 1 aromatic carbocycles. The van der Waals surface area contributed by atoms with Crippen LogP contribution in [0.1, 0.15) is 12.8 Å². The number of fused-ring (bicyclic) bond motifs is 1. The molecule has 3 aromatic heterocycles. The van der Waals surface area contributed by atoms with E-state index >= 15 is 0 Å². The molecule has 0 spiro atoms. The molecule has 1 saturated heterocycles. The number of furan rings is 1. The molecule has 8 nitrogen and oxygen atoms in total. The van der Waals surface area contributed by atoms with Gasteiger partial charge in [0, 0.05) is 31.2 Å². The molecular formula is C19H17N5O3S. The van der Waals surface area contributed by atoms with Gasteiger partial charge in [-0.2, -0.15) is 5.10 Å². The third kappa shape index (κ3) is 3.07. The average molecular weight is 395 g/mol. The summed E-state index contributed by atoms with van der Waals surface area (Å²) < 4.78 is 13.2. The van der Waals surface area contributed by atoms with Gasteiger partial charge in [0.1, 0.15) is 5.58 Å². The molecule has 1 atom stereocenters. The van der Waals surface area contributed by atoms with Crippen LogP contribution in [0.4, 0.5) is 5.82 Å². The molecular weight excluding hydrogens is 378 g/mol. The van der Waals surface area contributed by atoms with E-state index in [9.17, 15) is 4.79 Å². The van der Waals surface area contributed by atoms with Crippen LogP contribution < -0.4 is 4.90 Å². The lowest BCUT2D eigenvalue weighted by atomic mass is 10.1. The number of thioether (sulfide) groups is 1. The number of aromatic nitrogens is 4. The first-order valence-electron chi connectivity index (χ1n) is 8.97. The minimum absolute atomic E-state index is 0.0124. The fourth-order valence-electron chi connectivity index (χ4n) is 3.29. The first kappa shape index (κ1) is 17.1. The van der Waals surface area contributed by atoms with Crippen LogP contribution in [-0.2, 0) is 11.8 Å². The van der Waals surface area contributed by atoms with E-state index < -0.39 is 0 Å². The largest absolute Gasteiger partial charge is 0.451 e. The standard InChI is InChI=1S/C19H17N5O3S/c1-23-10-8-16(22-23)24-9-4-7-15(18(24)25)28-19-21-20-17(27-19)14-11-12-5-2-3-6-13(12)26-14/h2-3,5-6,8,10-11,15H,4,7,9H2,1H3. The van der Waals surface area contributed by atoms with Crippen molar-refractivity contribution >= 4 is 34.5 Å². The number of para-hydroxylation sites is 1. The van der Waals surface area contributed by atoms with E-state index in [4.69, 9.17) is 8.83 Å². The molecule has 142 valence electrons. The van der Waals surface area contributed by atoms with Gasteiger partial charge >= 0.3 is 0 Å². The number of benzene rings is 1. The van der Waals surface area contributed by atoms with Crippen LogP contribution in [0.5, 0.6) is 0 Å². The molecule has 1 fully saturated rings. The summed E-state index contributed by atoms with van der Waals surface area (Å²) in [4.78, 5) is 14.6. The molecule has 1 aliphatic heterocycles. The Morgan fingerprint density at radius 2 is 2.07 bits per heavy atom. The maximum atomic E-state index is 12.9. The van der Waals surface area contributed by atoms with Crippen molar-refractivity contribution in [2.45, 2.75) is 23.3 Å². The number of aryl methyl sites for hydroxylation is 1. The Kier molecular flexibility index (Phi) is 4.16. The molecule has 5 rings (SSSR count). The number of rotatable bonds is 4. The fourth-order valence-corrected chi connectivity index (χ4v) is 4.26. The average Bonchev–Trinajstić information content (AvgIpc) is 3.42. The zero-order valence-electron chi connectivity index (χ0n) is 15.1. The molecule has 0 bridgehead atoms. The van der Waals surface area contributed by atoms with Gasteiger partial charge < -0.3 is 8.83 Å². The number of hydrogen-bond donors (Lipinski definition) is 0. The summed E-state index contributed by atoms with van der Waals surface area (Å²) in [5.41, 5.74) is 0.762. The highest BCUT2D eigenvalue weighted by Gasteiger charge is 2.33. The van der Waals surface area contributed by atoms with Crippen LogP contribution in [0, 0.1) is 0 Å². The lowest BCUT2D eigenvalue weighted by Gasteiger charge is -2.29. The van der Waals surface area contributed by atoms with Crippen molar-refractivity contribution in [1.29, 1.82) is 0 Å². The van der Waals surface area contributed by atoms with E-state index in [-0.39, 0.29) is 11.2 Å². The van der Waals surface area contributed by atoms with Gasteiger partial charge in [-0.3, -0.25) is 14.4 Å². The zero-order valence-corrected chi connectivity index (χ0v) is 15.9. The maximum Gasteiger partial charge on any atom is 0.284 e. The second-order valence-corrected chi connectivity index (χ2v) is 7.76. The van der Waals surface area contributed by atoms with Gasteiger partial charge in [-0.15, -0.1) is 10.2 Å². The second kappa shape index (κ2) is 6.83. The van der Waals surface area contributed by atoms with Crippen molar-refractivity contribution in [2.75, 3.05) is 11.4 Å². The molecule has 4 heterocycles. The first-order chi connectivity index (χ1) is 13.7. The third-order valence-corrected chi connectivity index (χ3v) is 5.74. The summed E-state index contributed by atoms with van der Waals surface area (Å²) >= 11 is 1.29. The molecule has 28 heavy (non-hydrogen) atoms. The van der Waals surface area contributed by atoms with Crippen LogP contribution in [0.25, 0.3) is 22.6 Å². The Hall–Kier alpha value is -3.07. The van der Waals surface area contributed by atoms with Crippen molar-refractivity contribution in [3.05, 3.63) is 42.6 Å². The Balaban J connectivity index is 1.34. The summed E-state index contributed by atoms with van der Waals surface area (Å²) in [6, 6.07) is 11.4. The smallest absolute Gasteiger partial charge is 0.284 e. The normalized spacial score (nSPS) is 17.5. The number of anilines is 1. The van der Waals surface area contributed by atoms with Crippen molar-refractivity contribution < 1.29 is 13.6 Å². The van der Waals surface area contributed by atoms with E-state index in [1.54, 1.807) is 9.58 Å². The van der Waals surface area contributed by atoms with Gasteiger partial charge in [0.05, 0.1) is 5.25 Å². The minimum Gasteiger partial charge on any atom is -0.451 e. The van der Waals surface area contributed by atoms with E-state index in [1.807, 2.05) is 49.6 Å². The monoisotopic (exact) mass is 395 g/mol. The molecule has 0 saturated carbocycles. The van der Waals surface area contributed by atoms with Gasteiger partial charge in [0.15, 0.2) is 11.6 Å². The highest BCUT2D eigenvalue weighted by Crippen LogP contribution is 2.34. The number of amides is 1. The van der Waals surface area contributed by atoms with E-state index in [0.717, 1.165) is 23.8 Å². The lowest BCUT2D eigenvalue weighted by Crippen LogP contribution is -2.43. The molecule has 9 heteroatoms. The van der Waals surface area contributed by atoms with E-state index in [2.05, 4.69) is 15.3 Å². The molecule has 0 radical (unpaired) electrons. The minimum atomic E-state index is -0.278. The molecule has 1 aliphatic rings. The Morgan fingerprint density at radius 3 is 2.89 bits per heavy atom. The second-order valence-electron chi connectivity index (χ2n) is 6.61. The molecule has 1 amide bonds. The van der Waals surface area contributed by atoms with Crippen LogP contribution in [0.2, 0.25) is 0 Å².